The molecule has 1 amide bonds. The van der Waals surface area contributed by atoms with Crippen LogP contribution in [0, 0.1) is 11.7 Å². The first kappa shape index (κ1) is 19.9. The minimum atomic E-state index is -0.529. The normalized spacial score (nSPS) is 24.2. The first-order chi connectivity index (χ1) is 15.0. The van der Waals surface area contributed by atoms with Crippen LogP contribution < -0.4 is 10.6 Å². The van der Waals surface area contributed by atoms with Crippen molar-refractivity contribution in [3.8, 4) is 0 Å². The van der Waals surface area contributed by atoms with Gasteiger partial charge >= 0.3 is 0 Å². The molecular weight excluding hydrogens is 395 g/mol. The van der Waals surface area contributed by atoms with Crippen LogP contribution in [0.2, 0.25) is 0 Å². The van der Waals surface area contributed by atoms with Crippen LogP contribution in [0.1, 0.15) is 31.7 Å². The van der Waals surface area contributed by atoms with Gasteiger partial charge in [0.15, 0.2) is 0 Å². The Hall–Kier alpha value is -3.00. The number of aromatic amines is 1. The molecule has 2 saturated heterocycles. The molecule has 4 heterocycles. The Labute approximate surface area is 180 Å². The third-order valence-electron chi connectivity index (χ3n) is 6.80. The smallest absolute Gasteiger partial charge is 0.240 e. The van der Waals surface area contributed by atoms with E-state index in [4.69, 9.17) is 5.73 Å². The molecule has 1 aromatic carbocycles. The van der Waals surface area contributed by atoms with E-state index in [1.807, 2.05) is 31.0 Å². The van der Waals surface area contributed by atoms with Crippen LogP contribution in [0.15, 0.2) is 42.9 Å². The van der Waals surface area contributed by atoms with Crippen molar-refractivity contribution < 1.29 is 9.18 Å². The quantitative estimate of drug-likeness (QED) is 0.675. The van der Waals surface area contributed by atoms with Crippen LogP contribution in [0.3, 0.4) is 0 Å². The fraction of sp³-hybridized carbons (Fsp3) is 0.435. The number of hydrogen-bond acceptors (Lipinski definition) is 5. The molecule has 31 heavy (non-hydrogen) atoms. The average Bonchev–Trinajstić information content (AvgIpc) is 3.46. The Kier molecular flexibility index (Phi) is 4.89. The summed E-state index contributed by atoms with van der Waals surface area (Å²) in [5, 5.41) is 0.980. The van der Waals surface area contributed by atoms with Gasteiger partial charge in [-0.1, -0.05) is 13.8 Å². The van der Waals surface area contributed by atoms with Gasteiger partial charge in [0.2, 0.25) is 11.9 Å². The van der Waals surface area contributed by atoms with Crippen molar-refractivity contribution in [2.75, 3.05) is 18.0 Å². The summed E-state index contributed by atoms with van der Waals surface area (Å²) in [5.41, 5.74) is 8.11. The van der Waals surface area contributed by atoms with Gasteiger partial charge in [0.25, 0.3) is 0 Å². The molecule has 0 spiro atoms. The lowest BCUT2D eigenvalue weighted by atomic mass is 9.90. The van der Waals surface area contributed by atoms with Gasteiger partial charge in [-0.2, -0.15) is 0 Å². The third-order valence-corrected chi connectivity index (χ3v) is 6.80. The van der Waals surface area contributed by atoms with Crippen molar-refractivity contribution >= 4 is 22.8 Å². The first-order valence-electron chi connectivity index (χ1n) is 10.8. The third kappa shape index (κ3) is 3.26. The SMILES string of the molecule is CC(C)C(N)C(=O)N1CCC2C1C(c1c[nH]c3cc(F)ccc13)CN2c1ncccn1. The van der Waals surface area contributed by atoms with Gasteiger partial charge < -0.3 is 20.5 Å². The van der Waals surface area contributed by atoms with E-state index in [-0.39, 0.29) is 35.6 Å². The van der Waals surface area contributed by atoms with E-state index < -0.39 is 6.04 Å². The van der Waals surface area contributed by atoms with E-state index in [0.29, 0.717) is 19.0 Å². The summed E-state index contributed by atoms with van der Waals surface area (Å²) in [6, 6.07) is 6.15. The van der Waals surface area contributed by atoms with Crippen molar-refractivity contribution in [2.45, 2.75) is 44.3 Å². The summed E-state index contributed by atoms with van der Waals surface area (Å²) in [5.74, 6) is 0.502. The molecule has 2 aromatic heterocycles. The number of likely N-dealkylation sites (tertiary alicyclic amines) is 1. The number of anilines is 1. The van der Waals surface area contributed by atoms with E-state index in [1.165, 1.54) is 12.1 Å². The van der Waals surface area contributed by atoms with Crippen molar-refractivity contribution in [1.82, 2.24) is 19.9 Å². The topological polar surface area (TPSA) is 91.1 Å². The highest BCUT2D eigenvalue weighted by Gasteiger charge is 2.52. The summed E-state index contributed by atoms with van der Waals surface area (Å²) < 4.78 is 13.7. The number of nitrogens with one attached hydrogen (secondary N) is 1. The number of fused-ring (bicyclic) bond motifs is 2. The molecule has 8 heteroatoms. The number of benzene rings is 1. The van der Waals surface area contributed by atoms with Gasteiger partial charge in [0.05, 0.1) is 18.1 Å². The van der Waals surface area contributed by atoms with Gasteiger partial charge in [-0.05, 0) is 42.2 Å². The monoisotopic (exact) mass is 422 g/mol. The number of nitrogens with two attached hydrogens (primary N) is 1. The molecule has 0 bridgehead atoms. The largest absolute Gasteiger partial charge is 0.361 e. The molecule has 2 aliphatic rings. The van der Waals surface area contributed by atoms with E-state index in [1.54, 1.807) is 18.5 Å². The molecule has 2 aliphatic heterocycles. The molecule has 3 N–H and O–H groups in total. The van der Waals surface area contributed by atoms with Crippen LogP contribution in [-0.4, -0.2) is 57.0 Å². The number of rotatable bonds is 4. The Morgan fingerprint density at radius 1 is 1.29 bits per heavy atom. The Morgan fingerprint density at radius 3 is 2.81 bits per heavy atom. The maximum Gasteiger partial charge on any atom is 0.240 e. The molecule has 0 radical (unpaired) electrons. The molecule has 2 fully saturated rings. The van der Waals surface area contributed by atoms with Crippen LogP contribution in [0.4, 0.5) is 10.3 Å². The number of hydrogen-bond donors (Lipinski definition) is 2. The van der Waals surface area contributed by atoms with Crippen LogP contribution in [0.25, 0.3) is 10.9 Å². The number of aromatic nitrogens is 3. The lowest BCUT2D eigenvalue weighted by Gasteiger charge is -2.31. The molecule has 7 nitrogen and oxygen atoms in total. The summed E-state index contributed by atoms with van der Waals surface area (Å²) >= 11 is 0. The van der Waals surface area contributed by atoms with E-state index in [2.05, 4.69) is 19.9 Å². The number of H-pyrrole nitrogens is 1. The van der Waals surface area contributed by atoms with E-state index in [0.717, 1.165) is 22.9 Å². The highest BCUT2D eigenvalue weighted by Crippen LogP contribution is 2.44. The first-order valence-corrected chi connectivity index (χ1v) is 10.8. The Morgan fingerprint density at radius 2 is 2.06 bits per heavy atom. The summed E-state index contributed by atoms with van der Waals surface area (Å²) in [7, 11) is 0. The standard InChI is InChI=1S/C23H27FN6O/c1-13(2)20(25)22(31)29-9-6-19-21(29)17(12-30(19)23-26-7-3-8-27-23)16-11-28-18-10-14(24)4-5-15(16)18/h3-5,7-8,10-11,13,17,19-21,28H,6,9,12,25H2,1-2H3. The summed E-state index contributed by atoms with van der Waals surface area (Å²) in [6.45, 7) is 5.29. The van der Waals surface area contributed by atoms with Crippen molar-refractivity contribution in [3.05, 3.63) is 54.2 Å². The zero-order valence-corrected chi connectivity index (χ0v) is 17.7. The predicted octanol–water partition coefficient (Wildman–Crippen LogP) is 2.65. The zero-order valence-electron chi connectivity index (χ0n) is 17.7. The molecule has 4 unspecified atom stereocenters. The Balaban J connectivity index is 1.57. The van der Waals surface area contributed by atoms with Gasteiger partial charge in [-0.3, -0.25) is 4.79 Å². The molecule has 3 aromatic rings. The maximum atomic E-state index is 13.7. The van der Waals surface area contributed by atoms with Crippen LogP contribution >= 0.6 is 0 Å². The second-order valence-electron chi connectivity index (χ2n) is 8.89. The van der Waals surface area contributed by atoms with Gasteiger partial charge in [-0.15, -0.1) is 0 Å². The fourth-order valence-electron chi connectivity index (χ4n) is 5.19. The van der Waals surface area contributed by atoms with Crippen molar-refractivity contribution in [1.29, 1.82) is 0 Å². The Bertz CT molecular complexity index is 1100. The molecule has 0 saturated carbocycles. The van der Waals surface area contributed by atoms with E-state index >= 15 is 0 Å². The van der Waals surface area contributed by atoms with Crippen molar-refractivity contribution in [2.24, 2.45) is 11.7 Å². The molecule has 0 aliphatic carbocycles. The second-order valence-corrected chi connectivity index (χ2v) is 8.89. The van der Waals surface area contributed by atoms with E-state index in [9.17, 15) is 9.18 Å². The molecule has 5 rings (SSSR count). The highest BCUT2D eigenvalue weighted by molar-refractivity contribution is 5.86. The lowest BCUT2D eigenvalue weighted by molar-refractivity contribution is -0.134. The molecule has 4 atom stereocenters. The summed E-state index contributed by atoms with van der Waals surface area (Å²) in [6.07, 6.45) is 6.27. The molecule has 162 valence electrons. The fourth-order valence-corrected chi connectivity index (χ4v) is 5.19. The van der Waals surface area contributed by atoms with Gasteiger partial charge in [-0.25, -0.2) is 14.4 Å². The highest BCUT2D eigenvalue weighted by atomic mass is 19.1. The minimum Gasteiger partial charge on any atom is -0.361 e. The second kappa shape index (κ2) is 7.60. The maximum absolute atomic E-state index is 13.7. The zero-order chi connectivity index (χ0) is 21.7. The predicted molar refractivity (Wildman–Crippen MR) is 117 cm³/mol. The summed E-state index contributed by atoms with van der Waals surface area (Å²) in [4.78, 5) is 29.6. The number of amides is 1. The van der Waals surface area contributed by atoms with Gasteiger partial charge in [0.1, 0.15) is 5.82 Å². The number of carbonyl (C=O) groups is 1. The van der Waals surface area contributed by atoms with Crippen LogP contribution in [0.5, 0.6) is 0 Å². The lowest BCUT2D eigenvalue weighted by Crippen LogP contribution is -2.50. The average molecular weight is 423 g/mol. The van der Waals surface area contributed by atoms with Crippen molar-refractivity contribution in [3.63, 3.8) is 0 Å². The van der Waals surface area contributed by atoms with Gasteiger partial charge in [0, 0.05) is 48.5 Å². The minimum absolute atomic E-state index is 0.00536. The number of carbonyl (C=O) groups excluding carboxylic acids is 1. The number of halogens is 1. The van der Waals surface area contributed by atoms with Crippen LogP contribution in [-0.2, 0) is 4.79 Å². The number of nitrogens with zero attached hydrogens (tertiary/aromatic N) is 4. The molecular formula is C23H27FN6O.